The van der Waals surface area contributed by atoms with Crippen molar-refractivity contribution in [3.05, 3.63) is 12.2 Å². The van der Waals surface area contributed by atoms with Gasteiger partial charge in [0.25, 0.3) is 0 Å². The molecule has 1 fully saturated rings. The second-order valence-electron chi connectivity index (χ2n) is 5.21. The molecule has 0 saturated heterocycles. The molecular formula is C13H22O2. The molecule has 15 heavy (non-hydrogen) atoms. The largest absolute Gasteiger partial charge is 0.390 e. The number of hydrogen-bond acceptors (Lipinski definition) is 2. The van der Waals surface area contributed by atoms with Gasteiger partial charge in [-0.2, -0.15) is 0 Å². The van der Waals surface area contributed by atoms with Gasteiger partial charge in [0.1, 0.15) is 5.78 Å². The zero-order valence-electron chi connectivity index (χ0n) is 10.2. The van der Waals surface area contributed by atoms with Crippen molar-refractivity contribution in [3.8, 4) is 0 Å². The summed E-state index contributed by atoms with van der Waals surface area (Å²) in [5.41, 5.74) is -0.878. The third-order valence-electron chi connectivity index (χ3n) is 3.45. The van der Waals surface area contributed by atoms with Gasteiger partial charge in [0.05, 0.1) is 5.60 Å². The van der Waals surface area contributed by atoms with Crippen molar-refractivity contribution in [2.45, 2.75) is 46.1 Å². The monoisotopic (exact) mass is 210 g/mol. The number of hydrogen-bond donors (Lipinski definition) is 1. The first-order chi connectivity index (χ1) is 6.88. The zero-order valence-corrected chi connectivity index (χ0v) is 10.2. The van der Waals surface area contributed by atoms with Gasteiger partial charge in [-0.3, -0.25) is 4.79 Å². The van der Waals surface area contributed by atoms with Crippen LogP contribution in [0.25, 0.3) is 0 Å². The fourth-order valence-corrected chi connectivity index (χ4v) is 2.46. The first-order valence-corrected chi connectivity index (χ1v) is 5.76. The second kappa shape index (κ2) is 4.48. The Hall–Kier alpha value is -0.630. The highest BCUT2D eigenvalue weighted by molar-refractivity contribution is 5.86. The van der Waals surface area contributed by atoms with Gasteiger partial charge in [0.15, 0.2) is 0 Å². The number of carbonyl (C=O) groups is 1. The van der Waals surface area contributed by atoms with Crippen molar-refractivity contribution in [1.82, 2.24) is 0 Å². The fourth-order valence-electron chi connectivity index (χ4n) is 2.46. The minimum atomic E-state index is -0.878. The molecule has 0 bridgehead atoms. The standard InChI is InChI=1S/C13H22O2/c1-5-6-10-9(2)7-8-11(12(10)14)13(3,4)15/h5-6,9-11,15H,7-8H2,1-4H3/b6-5-. The minimum absolute atomic E-state index is 0.000162. The van der Waals surface area contributed by atoms with E-state index in [1.807, 2.05) is 19.1 Å². The summed E-state index contributed by atoms with van der Waals surface area (Å²) in [5, 5.41) is 9.94. The van der Waals surface area contributed by atoms with Crippen LogP contribution in [-0.2, 0) is 4.79 Å². The average molecular weight is 210 g/mol. The summed E-state index contributed by atoms with van der Waals surface area (Å²) in [6, 6.07) is 0. The highest BCUT2D eigenvalue weighted by atomic mass is 16.3. The molecule has 3 atom stereocenters. The van der Waals surface area contributed by atoms with Crippen molar-refractivity contribution in [1.29, 1.82) is 0 Å². The number of carbonyl (C=O) groups excluding carboxylic acids is 1. The lowest BCUT2D eigenvalue weighted by Crippen LogP contribution is -2.44. The van der Waals surface area contributed by atoms with E-state index >= 15 is 0 Å². The normalized spacial score (nSPS) is 33.7. The summed E-state index contributed by atoms with van der Waals surface area (Å²) in [5.74, 6) is 0.418. The van der Waals surface area contributed by atoms with E-state index < -0.39 is 5.60 Å². The van der Waals surface area contributed by atoms with E-state index in [1.165, 1.54) is 0 Å². The van der Waals surface area contributed by atoms with E-state index in [0.717, 1.165) is 12.8 Å². The van der Waals surface area contributed by atoms with Crippen molar-refractivity contribution < 1.29 is 9.90 Å². The molecule has 0 amide bonds. The Bertz CT molecular complexity index is 260. The molecule has 0 aliphatic heterocycles. The van der Waals surface area contributed by atoms with Gasteiger partial charge in [-0.05, 0) is 39.5 Å². The molecular weight excluding hydrogens is 188 g/mol. The van der Waals surface area contributed by atoms with Gasteiger partial charge in [-0.25, -0.2) is 0 Å². The maximum Gasteiger partial charge on any atom is 0.145 e. The molecule has 1 N–H and O–H groups in total. The molecule has 0 aromatic heterocycles. The predicted octanol–water partition coefficient (Wildman–Crippen LogP) is 2.56. The van der Waals surface area contributed by atoms with Gasteiger partial charge < -0.3 is 5.11 Å². The summed E-state index contributed by atoms with van der Waals surface area (Å²) in [7, 11) is 0. The number of aliphatic hydroxyl groups is 1. The number of ketones is 1. The molecule has 1 aliphatic carbocycles. The summed E-state index contributed by atoms with van der Waals surface area (Å²) < 4.78 is 0. The van der Waals surface area contributed by atoms with Gasteiger partial charge in [0.2, 0.25) is 0 Å². The Balaban J connectivity index is 2.86. The van der Waals surface area contributed by atoms with Gasteiger partial charge in [-0.15, -0.1) is 0 Å². The van der Waals surface area contributed by atoms with Crippen LogP contribution in [0.5, 0.6) is 0 Å². The first kappa shape index (κ1) is 12.4. The van der Waals surface area contributed by atoms with Crippen LogP contribution >= 0.6 is 0 Å². The molecule has 2 heteroatoms. The lowest BCUT2D eigenvalue weighted by Gasteiger charge is -2.37. The van der Waals surface area contributed by atoms with Gasteiger partial charge >= 0.3 is 0 Å². The Morgan fingerprint density at radius 3 is 2.47 bits per heavy atom. The zero-order chi connectivity index (χ0) is 11.6. The summed E-state index contributed by atoms with van der Waals surface area (Å²) in [6.07, 6.45) is 5.75. The fraction of sp³-hybridized carbons (Fsp3) is 0.769. The van der Waals surface area contributed by atoms with Crippen molar-refractivity contribution in [2.75, 3.05) is 0 Å². The van der Waals surface area contributed by atoms with E-state index in [0.29, 0.717) is 5.92 Å². The summed E-state index contributed by atoms with van der Waals surface area (Å²) in [6.45, 7) is 7.52. The Morgan fingerprint density at radius 2 is 2.00 bits per heavy atom. The van der Waals surface area contributed by atoms with Crippen molar-refractivity contribution in [3.63, 3.8) is 0 Å². The minimum Gasteiger partial charge on any atom is -0.390 e. The lowest BCUT2D eigenvalue weighted by atomic mass is 9.68. The molecule has 1 saturated carbocycles. The molecule has 86 valence electrons. The van der Waals surface area contributed by atoms with Gasteiger partial charge in [-0.1, -0.05) is 19.1 Å². The smallest absolute Gasteiger partial charge is 0.145 e. The van der Waals surface area contributed by atoms with E-state index in [1.54, 1.807) is 13.8 Å². The number of Topliss-reactive ketones (excluding diaryl/α,β-unsaturated/α-hetero) is 1. The van der Waals surface area contributed by atoms with Crippen LogP contribution in [-0.4, -0.2) is 16.5 Å². The predicted molar refractivity (Wildman–Crippen MR) is 61.5 cm³/mol. The maximum absolute atomic E-state index is 12.2. The highest BCUT2D eigenvalue weighted by Crippen LogP contribution is 2.36. The van der Waals surface area contributed by atoms with E-state index in [2.05, 4.69) is 6.92 Å². The third kappa shape index (κ3) is 2.69. The first-order valence-electron chi connectivity index (χ1n) is 5.76. The van der Waals surface area contributed by atoms with Crippen LogP contribution in [0.15, 0.2) is 12.2 Å². The highest BCUT2D eigenvalue weighted by Gasteiger charge is 2.41. The number of rotatable bonds is 2. The van der Waals surface area contributed by atoms with Crippen LogP contribution in [0.4, 0.5) is 0 Å². The lowest BCUT2D eigenvalue weighted by molar-refractivity contribution is -0.138. The molecule has 2 nitrogen and oxygen atoms in total. The topological polar surface area (TPSA) is 37.3 Å². The Kier molecular flexibility index (Phi) is 3.72. The summed E-state index contributed by atoms with van der Waals surface area (Å²) >= 11 is 0. The SMILES string of the molecule is C/C=C\C1C(=O)C(C(C)(C)O)CCC1C. The molecule has 3 unspecified atom stereocenters. The summed E-state index contributed by atoms with van der Waals surface area (Å²) in [4.78, 5) is 12.2. The Labute approximate surface area is 92.4 Å². The molecule has 0 aromatic carbocycles. The molecule has 1 aliphatic rings. The van der Waals surface area contributed by atoms with Crippen molar-refractivity contribution >= 4 is 5.78 Å². The van der Waals surface area contributed by atoms with E-state index in [-0.39, 0.29) is 17.6 Å². The van der Waals surface area contributed by atoms with Crippen LogP contribution in [0.2, 0.25) is 0 Å². The molecule has 0 aromatic rings. The van der Waals surface area contributed by atoms with Crippen molar-refractivity contribution in [2.24, 2.45) is 17.8 Å². The number of allylic oxidation sites excluding steroid dienone is 2. The van der Waals surface area contributed by atoms with Crippen LogP contribution in [0, 0.1) is 17.8 Å². The molecule has 0 spiro atoms. The molecule has 0 heterocycles. The molecule has 0 radical (unpaired) electrons. The second-order valence-corrected chi connectivity index (χ2v) is 5.21. The Morgan fingerprint density at radius 1 is 1.40 bits per heavy atom. The third-order valence-corrected chi connectivity index (χ3v) is 3.45. The quantitative estimate of drug-likeness (QED) is 0.711. The molecule has 1 rings (SSSR count). The maximum atomic E-state index is 12.2. The van der Waals surface area contributed by atoms with Crippen LogP contribution in [0.3, 0.4) is 0 Å². The van der Waals surface area contributed by atoms with Crippen LogP contribution < -0.4 is 0 Å². The van der Waals surface area contributed by atoms with E-state index in [4.69, 9.17) is 0 Å². The van der Waals surface area contributed by atoms with E-state index in [9.17, 15) is 9.90 Å². The van der Waals surface area contributed by atoms with Gasteiger partial charge in [0, 0.05) is 11.8 Å². The van der Waals surface area contributed by atoms with Crippen LogP contribution in [0.1, 0.15) is 40.5 Å². The average Bonchev–Trinajstić information content (AvgIpc) is 2.09.